The standard InChI is InChI=1S/C7H9NO2S/c1-5(11-3)6(4-8)7(9)10-2/h1-3H3/b6-5+. The summed E-state index contributed by atoms with van der Waals surface area (Å²) in [6.45, 7) is 1.71. The number of hydrogen-bond acceptors (Lipinski definition) is 4. The molecule has 0 aromatic carbocycles. The quantitative estimate of drug-likeness (QED) is 0.357. The minimum absolute atomic E-state index is 0.0833. The van der Waals surface area contributed by atoms with Crippen molar-refractivity contribution in [2.75, 3.05) is 13.4 Å². The molecule has 0 heterocycles. The summed E-state index contributed by atoms with van der Waals surface area (Å²) < 4.78 is 4.39. The van der Waals surface area contributed by atoms with Crippen LogP contribution in [0.3, 0.4) is 0 Å². The highest BCUT2D eigenvalue weighted by molar-refractivity contribution is 8.02. The second kappa shape index (κ2) is 4.80. The Morgan fingerprint density at radius 1 is 1.64 bits per heavy atom. The van der Waals surface area contributed by atoms with Crippen LogP contribution in [-0.4, -0.2) is 19.3 Å². The molecule has 11 heavy (non-hydrogen) atoms. The van der Waals surface area contributed by atoms with Gasteiger partial charge in [0.15, 0.2) is 0 Å². The number of hydrogen-bond donors (Lipinski definition) is 0. The van der Waals surface area contributed by atoms with Crippen LogP contribution in [-0.2, 0) is 9.53 Å². The molecule has 0 fully saturated rings. The summed E-state index contributed by atoms with van der Waals surface area (Å²) in [5, 5.41) is 8.51. The van der Waals surface area contributed by atoms with Gasteiger partial charge in [-0.15, -0.1) is 11.8 Å². The molecular weight excluding hydrogens is 162 g/mol. The number of carbonyl (C=O) groups is 1. The van der Waals surface area contributed by atoms with Gasteiger partial charge in [-0.2, -0.15) is 5.26 Å². The Hall–Kier alpha value is -0.950. The van der Waals surface area contributed by atoms with E-state index in [0.717, 1.165) is 0 Å². The maximum Gasteiger partial charge on any atom is 0.349 e. The number of thioether (sulfide) groups is 1. The molecule has 0 amide bonds. The molecule has 4 heteroatoms. The topological polar surface area (TPSA) is 50.1 Å². The zero-order chi connectivity index (χ0) is 8.85. The SMILES string of the molecule is COC(=O)/C(C#N)=C(\C)SC. The maximum atomic E-state index is 10.8. The molecule has 0 radical (unpaired) electrons. The van der Waals surface area contributed by atoms with Gasteiger partial charge in [-0.1, -0.05) is 0 Å². The third kappa shape index (κ3) is 2.64. The summed E-state index contributed by atoms with van der Waals surface area (Å²) in [6.07, 6.45) is 1.80. The van der Waals surface area contributed by atoms with Gasteiger partial charge in [-0.05, 0) is 13.2 Å². The molecule has 0 N–H and O–H groups in total. The fraction of sp³-hybridized carbons (Fsp3) is 0.429. The van der Waals surface area contributed by atoms with Crippen LogP contribution in [0.25, 0.3) is 0 Å². The summed E-state index contributed by atoms with van der Waals surface area (Å²) in [6, 6.07) is 1.79. The largest absolute Gasteiger partial charge is 0.465 e. The number of allylic oxidation sites excluding steroid dienone is 1. The van der Waals surface area contributed by atoms with Gasteiger partial charge in [0.2, 0.25) is 0 Å². The molecule has 0 aromatic heterocycles. The van der Waals surface area contributed by atoms with Crippen LogP contribution in [0, 0.1) is 11.3 Å². The van der Waals surface area contributed by atoms with Crippen LogP contribution >= 0.6 is 11.8 Å². The molecule has 0 unspecified atom stereocenters. The average molecular weight is 171 g/mol. The highest BCUT2D eigenvalue weighted by Gasteiger charge is 2.11. The minimum atomic E-state index is -0.570. The number of ether oxygens (including phenoxy) is 1. The van der Waals surface area contributed by atoms with Gasteiger partial charge in [0.05, 0.1) is 7.11 Å². The van der Waals surface area contributed by atoms with Gasteiger partial charge < -0.3 is 4.74 Å². The maximum absolute atomic E-state index is 10.8. The van der Waals surface area contributed by atoms with Crippen molar-refractivity contribution in [2.45, 2.75) is 6.92 Å². The van der Waals surface area contributed by atoms with Crippen molar-refractivity contribution < 1.29 is 9.53 Å². The van der Waals surface area contributed by atoms with E-state index >= 15 is 0 Å². The Kier molecular flexibility index (Phi) is 4.39. The van der Waals surface area contributed by atoms with Crippen molar-refractivity contribution in [3.05, 3.63) is 10.5 Å². The molecule has 0 aliphatic carbocycles. The molecule has 0 aromatic rings. The van der Waals surface area contributed by atoms with E-state index in [0.29, 0.717) is 4.91 Å². The van der Waals surface area contributed by atoms with E-state index in [1.807, 2.05) is 0 Å². The van der Waals surface area contributed by atoms with Crippen molar-refractivity contribution in [1.82, 2.24) is 0 Å². The summed E-state index contributed by atoms with van der Waals surface area (Å²) >= 11 is 1.36. The second-order valence-corrected chi connectivity index (χ2v) is 2.76. The Bertz CT molecular complexity index is 227. The molecule has 0 spiro atoms. The van der Waals surface area contributed by atoms with Gasteiger partial charge in [0, 0.05) is 4.91 Å². The third-order valence-corrected chi connectivity index (χ3v) is 1.98. The van der Waals surface area contributed by atoms with E-state index in [4.69, 9.17) is 5.26 Å². The van der Waals surface area contributed by atoms with Crippen molar-refractivity contribution in [3.63, 3.8) is 0 Å². The normalized spacial score (nSPS) is 11.5. The van der Waals surface area contributed by atoms with Gasteiger partial charge >= 0.3 is 5.97 Å². The molecule has 60 valence electrons. The number of rotatable bonds is 2. The fourth-order valence-corrected chi connectivity index (χ4v) is 0.805. The van der Waals surface area contributed by atoms with Crippen molar-refractivity contribution in [3.8, 4) is 6.07 Å². The van der Waals surface area contributed by atoms with E-state index in [1.54, 1.807) is 19.2 Å². The van der Waals surface area contributed by atoms with E-state index in [-0.39, 0.29) is 5.57 Å². The lowest BCUT2D eigenvalue weighted by Gasteiger charge is -1.98. The van der Waals surface area contributed by atoms with Gasteiger partial charge in [-0.3, -0.25) is 0 Å². The lowest BCUT2D eigenvalue weighted by Crippen LogP contribution is -2.04. The fourth-order valence-electron chi connectivity index (χ4n) is 0.472. The van der Waals surface area contributed by atoms with Crippen molar-refractivity contribution >= 4 is 17.7 Å². The van der Waals surface area contributed by atoms with E-state index < -0.39 is 5.97 Å². The van der Waals surface area contributed by atoms with Crippen molar-refractivity contribution in [1.29, 1.82) is 5.26 Å². The lowest BCUT2D eigenvalue weighted by atomic mass is 10.3. The van der Waals surface area contributed by atoms with Gasteiger partial charge in [-0.25, -0.2) is 4.79 Å². The Morgan fingerprint density at radius 2 is 2.18 bits per heavy atom. The predicted octanol–water partition coefficient (Wildman–Crippen LogP) is 1.32. The third-order valence-electron chi connectivity index (χ3n) is 1.16. The molecule has 0 aliphatic heterocycles. The van der Waals surface area contributed by atoms with Crippen LogP contribution in [0.2, 0.25) is 0 Å². The zero-order valence-electron chi connectivity index (χ0n) is 6.67. The van der Waals surface area contributed by atoms with Crippen molar-refractivity contribution in [2.24, 2.45) is 0 Å². The molecule has 0 aliphatic rings. The van der Waals surface area contributed by atoms with Crippen LogP contribution in [0.1, 0.15) is 6.92 Å². The first-order valence-corrected chi connectivity index (χ1v) is 4.13. The van der Waals surface area contributed by atoms with E-state index in [9.17, 15) is 4.79 Å². The number of nitriles is 1. The molecule has 3 nitrogen and oxygen atoms in total. The highest BCUT2D eigenvalue weighted by Crippen LogP contribution is 2.15. The minimum Gasteiger partial charge on any atom is -0.465 e. The summed E-state index contributed by atoms with van der Waals surface area (Å²) in [4.78, 5) is 11.5. The van der Waals surface area contributed by atoms with Crippen LogP contribution in [0.15, 0.2) is 10.5 Å². The summed E-state index contributed by atoms with van der Waals surface area (Å²) in [7, 11) is 1.26. The van der Waals surface area contributed by atoms with Crippen LogP contribution in [0.4, 0.5) is 0 Å². The molecular formula is C7H9NO2S. The monoisotopic (exact) mass is 171 g/mol. The molecule has 0 bridgehead atoms. The first kappa shape index (κ1) is 10.0. The first-order chi connectivity index (χ1) is 5.17. The van der Waals surface area contributed by atoms with Crippen LogP contribution in [0.5, 0.6) is 0 Å². The van der Waals surface area contributed by atoms with Crippen LogP contribution < -0.4 is 0 Å². The zero-order valence-corrected chi connectivity index (χ0v) is 7.49. The van der Waals surface area contributed by atoms with Gasteiger partial charge in [0.25, 0.3) is 0 Å². The van der Waals surface area contributed by atoms with E-state index in [1.165, 1.54) is 18.9 Å². The molecule has 0 atom stereocenters. The summed E-state index contributed by atoms with van der Waals surface area (Å²) in [5.74, 6) is -0.570. The average Bonchev–Trinajstić information content (AvgIpc) is 2.05. The van der Waals surface area contributed by atoms with E-state index in [2.05, 4.69) is 4.74 Å². The number of esters is 1. The Labute approximate surface area is 70.0 Å². The molecule has 0 saturated heterocycles. The number of carbonyl (C=O) groups excluding carboxylic acids is 1. The molecule has 0 rings (SSSR count). The number of methoxy groups -OCH3 is 1. The number of nitrogens with zero attached hydrogens (tertiary/aromatic N) is 1. The lowest BCUT2D eigenvalue weighted by molar-refractivity contribution is -0.135. The Balaban J connectivity index is 4.69. The smallest absolute Gasteiger partial charge is 0.349 e. The predicted molar refractivity (Wildman–Crippen MR) is 43.8 cm³/mol. The first-order valence-electron chi connectivity index (χ1n) is 2.90. The molecule has 0 saturated carbocycles. The Morgan fingerprint density at radius 3 is 2.45 bits per heavy atom. The van der Waals surface area contributed by atoms with Gasteiger partial charge in [0.1, 0.15) is 11.6 Å². The summed E-state index contributed by atoms with van der Waals surface area (Å²) in [5.41, 5.74) is 0.0833. The highest BCUT2D eigenvalue weighted by atomic mass is 32.2. The second-order valence-electron chi connectivity index (χ2n) is 1.74.